The summed E-state index contributed by atoms with van der Waals surface area (Å²) in [6, 6.07) is 7.51. The topological polar surface area (TPSA) is 106 Å². The maximum absolute atomic E-state index is 12.1. The van der Waals surface area contributed by atoms with E-state index in [0.29, 0.717) is 29.8 Å². The molecule has 1 fully saturated rings. The van der Waals surface area contributed by atoms with Gasteiger partial charge in [-0.3, -0.25) is 9.11 Å². The number of hydrogen-bond acceptors (Lipinski definition) is 8. The minimum absolute atomic E-state index is 0.159. The van der Waals surface area contributed by atoms with E-state index >= 15 is 0 Å². The van der Waals surface area contributed by atoms with Crippen molar-refractivity contribution in [2.75, 3.05) is 37.0 Å². The number of nitrogens with two attached hydrogens (primary N) is 1. The molecule has 2 aromatic rings. The number of anilines is 3. The maximum atomic E-state index is 12.1. The van der Waals surface area contributed by atoms with Gasteiger partial charge < -0.3 is 15.8 Å². The van der Waals surface area contributed by atoms with Gasteiger partial charge in [-0.05, 0) is 26.0 Å². The van der Waals surface area contributed by atoms with Crippen LogP contribution in [0.25, 0.3) is 0 Å². The van der Waals surface area contributed by atoms with Crippen LogP contribution in [0.3, 0.4) is 0 Å². The Hall–Kier alpha value is -2.26. The van der Waals surface area contributed by atoms with E-state index in [4.69, 9.17) is 10.5 Å². The van der Waals surface area contributed by atoms with Crippen LogP contribution in [0.4, 0.5) is 17.6 Å². The Morgan fingerprint density at radius 3 is 2.81 bits per heavy atom. The fourth-order valence-corrected chi connectivity index (χ4v) is 4.25. The molecule has 1 aliphatic heterocycles. The Bertz CT molecular complexity index is 814. The molecule has 1 saturated heterocycles. The van der Waals surface area contributed by atoms with Gasteiger partial charge in [0.1, 0.15) is 11.6 Å². The molecule has 9 heteroatoms. The van der Waals surface area contributed by atoms with Gasteiger partial charge in [0, 0.05) is 29.6 Å². The van der Waals surface area contributed by atoms with E-state index in [-0.39, 0.29) is 10.7 Å². The maximum Gasteiger partial charge on any atom is 0.232 e. The lowest BCUT2D eigenvalue weighted by Gasteiger charge is -2.36. The quantitative estimate of drug-likeness (QED) is 0.809. The van der Waals surface area contributed by atoms with Crippen LogP contribution in [0, 0.1) is 0 Å². The van der Waals surface area contributed by atoms with E-state index in [1.807, 2.05) is 38.1 Å². The summed E-state index contributed by atoms with van der Waals surface area (Å²) in [4.78, 5) is 15.1. The number of nitrogen functional groups attached to an aromatic ring is 1. The highest BCUT2D eigenvalue weighted by molar-refractivity contribution is 7.86. The fraction of sp³-hybridized carbons (Fsp3) is 0.471. The van der Waals surface area contributed by atoms with E-state index in [1.165, 1.54) is 0 Å². The molecule has 1 aromatic heterocycles. The molecule has 8 nitrogen and oxygen atoms in total. The van der Waals surface area contributed by atoms with Gasteiger partial charge >= 0.3 is 0 Å². The average Bonchev–Trinajstić information content (AvgIpc) is 2.58. The number of hydrogen-bond donors (Lipinski definition) is 2. The summed E-state index contributed by atoms with van der Waals surface area (Å²) in [6.45, 7) is 6.04. The van der Waals surface area contributed by atoms with E-state index in [1.54, 1.807) is 7.11 Å². The van der Waals surface area contributed by atoms with Crippen molar-refractivity contribution in [3.8, 4) is 5.75 Å². The number of ether oxygens (including phenoxy) is 1. The van der Waals surface area contributed by atoms with Gasteiger partial charge in [-0.15, -0.1) is 0 Å². The van der Waals surface area contributed by atoms with E-state index in [2.05, 4.69) is 25.2 Å². The second-order valence-electron chi connectivity index (χ2n) is 6.78. The molecule has 1 aliphatic rings. The van der Waals surface area contributed by atoms with Gasteiger partial charge in [-0.2, -0.15) is 15.0 Å². The van der Waals surface area contributed by atoms with Crippen LogP contribution in [0.1, 0.15) is 19.7 Å². The first-order valence-electron chi connectivity index (χ1n) is 8.39. The van der Waals surface area contributed by atoms with Crippen LogP contribution in [-0.4, -0.2) is 54.8 Å². The van der Waals surface area contributed by atoms with Crippen molar-refractivity contribution in [2.45, 2.75) is 25.1 Å². The molecule has 1 atom stereocenters. The van der Waals surface area contributed by atoms with Crippen molar-refractivity contribution in [1.82, 2.24) is 19.9 Å². The smallest absolute Gasteiger partial charge is 0.232 e. The summed E-state index contributed by atoms with van der Waals surface area (Å²) in [6.07, 6.45) is 0. The van der Waals surface area contributed by atoms with Crippen molar-refractivity contribution in [2.24, 2.45) is 0 Å². The van der Waals surface area contributed by atoms with E-state index in [0.717, 1.165) is 18.8 Å². The average molecular weight is 376 g/mol. The van der Waals surface area contributed by atoms with Crippen molar-refractivity contribution < 1.29 is 8.95 Å². The summed E-state index contributed by atoms with van der Waals surface area (Å²) in [7, 11) is 0.793. The predicted octanol–water partition coefficient (Wildman–Crippen LogP) is 1.55. The van der Waals surface area contributed by atoms with Crippen LogP contribution < -0.4 is 15.8 Å². The molecule has 26 heavy (non-hydrogen) atoms. The summed E-state index contributed by atoms with van der Waals surface area (Å²) < 4.78 is 17.2. The molecule has 2 heterocycles. The lowest BCUT2D eigenvalue weighted by molar-refractivity contribution is 0.242. The number of methoxy groups -OCH3 is 1. The van der Waals surface area contributed by atoms with Crippen molar-refractivity contribution in [3.05, 3.63) is 30.1 Å². The molecule has 0 amide bonds. The lowest BCUT2D eigenvalue weighted by atomic mass is 10.2. The summed E-state index contributed by atoms with van der Waals surface area (Å²) in [5.74, 6) is 2.45. The zero-order valence-corrected chi connectivity index (χ0v) is 16.0. The van der Waals surface area contributed by atoms with Gasteiger partial charge in [-0.1, -0.05) is 12.1 Å². The first-order valence-corrected chi connectivity index (χ1v) is 9.70. The lowest BCUT2D eigenvalue weighted by Crippen LogP contribution is -2.49. The highest BCUT2D eigenvalue weighted by atomic mass is 32.2. The molecular weight excluding hydrogens is 352 g/mol. The van der Waals surface area contributed by atoms with Crippen LogP contribution in [0.5, 0.6) is 5.75 Å². The number of aromatic nitrogens is 3. The third-order valence-electron chi connectivity index (χ3n) is 4.23. The number of para-hydroxylation sites is 2. The Balaban J connectivity index is 1.77. The number of rotatable bonds is 5. The zero-order valence-electron chi connectivity index (χ0n) is 15.2. The van der Waals surface area contributed by atoms with Crippen molar-refractivity contribution in [3.63, 3.8) is 0 Å². The predicted molar refractivity (Wildman–Crippen MR) is 103 cm³/mol. The standard InChI is InChI=1S/C17H24N6O2S/c1-17(2)11-23(8-9-26(17)24)10-14-20-15(18)22-16(21-14)19-12-6-4-5-7-13(12)25-3/h4-7H,8-11H2,1-3H3,(H3,18,19,20,21,22)/t26-/m1/s1. The summed E-state index contributed by atoms with van der Waals surface area (Å²) >= 11 is 0. The Labute approximate surface area is 155 Å². The number of benzene rings is 1. The second-order valence-corrected chi connectivity index (χ2v) is 8.98. The summed E-state index contributed by atoms with van der Waals surface area (Å²) in [5.41, 5.74) is 6.61. The van der Waals surface area contributed by atoms with Gasteiger partial charge in [0.05, 0.1) is 24.1 Å². The third-order valence-corrected chi connectivity index (χ3v) is 6.15. The van der Waals surface area contributed by atoms with Crippen LogP contribution in [0.2, 0.25) is 0 Å². The van der Waals surface area contributed by atoms with Crippen molar-refractivity contribution >= 4 is 28.4 Å². The SMILES string of the molecule is COc1ccccc1Nc1nc(N)nc(CN2CC[S@@](=O)C(C)(C)C2)n1. The Morgan fingerprint density at radius 1 is 1.31 bits per heavy atom. The van der Waals surface area contributed by atoms with Gasteiger partial charge in [0.25, 0.3) is 0 Å². The normalized spacial score (nSPS) is 19.9. The molecule has 3 rings (SSSR count). The van der Waals surface area contributed by atoms with Gasteiger partial charge in [-0.25, -0.2) is 0 Å². The monoisotopic (exact) mass is 376 g/mol. The molecule has 1 aromatic carbocycles. The molecule has 140 valence electrons. The largest absolute Gasteiger partial charge is 0.495 e. The molecule has 3 N–H and O–H groups in total. The molecule has 0 spiro atoms. The molecule has 0 aliphatic carbocycles. The Kier molecular flexibility index (Phi) is 5.38. The molecular formula is C17H24N6O2S. The first kappa shape index (κ1) is 18.5. The number of nitrogens with zero attached hydrogens (tertiary/aromatic N) is 4. The highest BCUT2D eigenvalue weighted by Gasteiger charge is 2.33. The molecule has 0 bridgehead atoms. The fourth-order valence-electron chi connectivity index (χ4n) is 2.95. The number of nitrogens with one attached hydrogen (secondary N) is 1. The summed E-state index contributed by atoms with van der Waals surface area (Å²) in [5, 5.41) is 3.13. The van der Waals surface area contributed by atoms with Crippen molar-refractivity contribution in [1.29, 1.82) is 0 Å². The van der Waals surface area contributed by atoms with E-state index < -0.39 is 10.8 Å². The van der Waals surface area contributed by atoms with Gasteiger partial charge in [0.2, 0.25) is 11.9 Å². The molecule has 0 unspecified atom stereocenters. The minimum Gasteiger partial charge on any atom is -0.495 e. The van der Waals surface area contributed by atoms with Crippen LogP contribution in [0.15, 0.2) is 24.3 Å². The molecule has 0 radical (unpaired) electrons. The Morgan fingerprint density at radius 2 is 2.08 bits per heavy atom. The first-order chi connectivity index (χ1) is 12.4. The molecule has 0 saturated carbocycles. The third kappa shape index (κ3) is 4.28. The van der Waals surface area contributed by atoms with Crippen LogP contribution in [-0.2, 0) is 17.3 Å². The van der Waals surface area contributed by atoms with Gasteiger partial charge in [0.15, 0.2) is 0 Å². The van der Waals surface area contributed by atoms with E-state index in [9.17, 15) is 4.21 Å². The second kappa shape index (κ2) is 7.55. The minimum atomic E-state index is -0.814. The highest BCUT2D eigenvalue weighted by Crippen LogP contribution is 2.26. The zero-order chi connectivity index (χ0) is 18.7. The van der Waals surface area contributed by atoms with Crippen LogP contribution >= 0.6 is 0 Å².